The Balaban J connectivity index is 1.99. The number of amides is 1. The van der Waals surface area contributed by atoms with Gasteiger partial charge in [-0.3, -0.25) is 4.79 Å². The van der Waals surface area contributed by atoms with Crippen molar-refractivity contribution in [2.75, 3.05) is 25.1 Å². The lowest BCUT2D eigenvalue weighted by molar-refractivity contribution is 0.0947. The Morgan fingerprint density at radius 1 is 1.22 bits per heavy atom. The Bertz CT molecular complexity index is 639. The third-order valence-electron chi connectivity index (χ3n) is 3.56. The Labute approximate surface area is 136 Å². The summed E-state index contributed by atoms with van der Waals surface area (Å²) in [6.45, 7) is 6.43. The molecule has 0 radical (unpaired) electrons. The second-order valence-corrected chi connectivity index (χ2v) is 4.94. The summed E-state index contributed by atoms with van der Waals surface area (Å²) in [6, 6.07) is 7.33. The molecule has 2 aromatic rings. The van der Waals surface area contributed by atoms with E-state index in [1.165, 1.54) is 7.11 Å². The number of pyridine rings is 2. The third kappa shape index (κ3) is 4.18. The second kappa shape index (κ2) is 8.12. The predicted octanol–water partition coefficient (Wildman–Crippen LogP) is 2.26. The van der Waals surface area contributed by atoms with Crippen LogP contribution in [0.4, 0.5) is 5.82 Å². The van der Waals surface area contributed by atoms with E-state index in [-0.39, 0.29) is 5.91 Å². The van der Waals surface area contributed by atoms with Gasteiger partial charge in [0, 0.05) is 32.0 Å². The smallest absolute Gasteiger partial charge is 0.257 e. The van der Waals surface area contributed by atoms with Crippen LogP contribution >= 0.6 is 0 Å². The van der Waals surface area contributed by atoms with E-state index in [2.05, 4.69) is 34.0 Å². The largest absolute Gasteiger partial charge is 0.480 e. The molecule has 0 spiro atoms. The topological polar surface area (TPSA) is 67.4 Å². The normalized spacial score (nSPS) is 10.2. The van der Waals surface area contributed by atoms with E-state index in [0.29, 0.717) is 18.0 Å². The Kier molecular flexibility index (Phi) is 5.91. The van der Waals surface area contributed by atoms with Crippen molar-refractivity contribution in [3.63, 3.8) is 0 Å². The van der Waals surface area contributed by atoms with Crippen molar-refractivity contribution in [1.82, 2.24) is 15.3 Å². The fraction of sp³-hybridized carbons (Fsp3) is 0.353. The fourth-order valence-electron chi connectivity index (χ4n) is 2.26. The lowest BCUT2D eigenvalue weighted by Crippen LogP contribution is -2.24. The molecule has 0 bridgehead atoms. The Morgan fingerprint density at radius 3 is 2.61 bits per heavy atom. The van der Waals surface area contributed by atoms with Crippen LogP contribution in [-0.2, 0) is 6.54 Å². The first kappa shape index (κ1) is 16.7. The summed E-state index contributed by atoms with van der Waals surface area (Å²) in [5.74, 6) is 1.04. The zero-order valence-electron chi connectivity index (χ0n) is 13.7. The van der Waals surface area contributed by atoms with Crippen LogP contribution in [0, 0.1) is 0 Å². The molecule has 1 amide bonds. The highest BCUT2D eigenvalue weighted by molar-refractivity contribution is 5.96. The molecule has 0 aromatic carbocycles. The van der Waals surface area contributed by atoms with Gasteiger partial charge in [0.2, 0.25) is 5.88 Å². The summed E-state index contributed by atoms with van der Waals surface area (Å²) in [5, 5.41) is 2.85. The van der Waals surface area contributed by atoms with E-state index in [0.717, 1.165) is 24.5 Å². The number of hydrogen-bond acceptors (Lipinski definition) is 5. The minimum atomic E-state index is -0.220. The SMILES string of the molecule is CCN(CC)c1ccc(CNC(=O)c2cccnc2OC)cn1. The Hall–Kier alpha value is -2.63. The highest BCUT2D eigenvalue weighted by Gasteiger charge is 2.12. The molecule has 6 nitrogen and oxygen atoms in total. The minimum Gasteiger partial charge on any atom is -0.480 e. The first-order chi connectivity index (χ1) is 11.2. The monoisotopic (exact) mass is 314 g/mol. The fourth-order valence-corrected chi connectivity index (χ4v) is 2.26. The molecule has 2 heterocycles. The van der Waals surface area contributed by atoms with Crippen molar-refractivity contribution in [3.8, 4) is 5.88 Å². The van der Waals surface area contributed by atoms with Gasteiger partial charge in [0.25, 0.3) is 5.91 Å². The van der Waals surface area contributed by atoms with Crippen LogP contribution in [-0.4, -0.2) is 36.1 Å². The molecular weight excluding hydrogens is 292 g/mol. The number of carbonyl (C=O) groups excluding carboxylic acids is 1. The average Bonchev–Trinajstić information content (AvgIpc) is 2.61. The van der Waals surface area contributed by atoms with Gasteiger partial charge in [-0.15, -0.1) is 0 Å². The maximum absolute atomic E-state index is 12.2. The number of hydrogen-bond donors (Lipinski definition) is 1. The number of methoxy groups -OCH3 is 1. The van der Waals surface area contributed by atoms with Crippen molar-refractivity contribution in [1.29, 1.82) is 0 Å². The van der Waals surface area contributed by atoms with Crippen molar-refractivity contribution >= 4 is 11.7 Å². The van der Waals surface area contributed by atoms with Gasteiger partial charge in [0.05, 0.1) is 7.11 Å². The number of carbonyl (C=O) groups is 1. The summed E-state index contributed by atoms with van der Waals surface area (Å²) >= 11 is 0. The number of nitrogens with zero attached hydrogens (tertiary/aromatic N) is 3. The van der Waals surface area contributed by atoms with Gasteiger partial charge in [-0.1, -0.05) is 6.07 Å². The van der Waals surface area contributed by atoms with Crippen LogP contribution in [0.1, 0.15) is 29.8 Å². The van der Waals surface area contributed by atoms with E-state index in [9.17, 15) is 4.79 Å². The van der Waals surface area contributed by atoms with E-state index >= 15 is 0 Å². The number of nitrogens with one attached hydrogen (secondary N) is 1. The first-order valence-electron chi connectivity index (χ1n) is 7.66. The molecule has 0 aliphatic rings. The highest BCUT2D eigenvalue weighted by Crippen LogP contribution is 2.14. The van der Waals surface area contributed by atoms with Gasteiger partial charge >= 0.3 is 0 Å². The molecule has 122 valence electrons. The van der Waals surface area contributed by atoms with Crippen LogP contribution < -0.4 is 15.0 Å². The van der Waals surface area contributed by atoms with Gasteiger partial charge in [-0.05, 0) is 37.6 Å². The number of ether oxygens (including phenoxy) is 1. The molecule has 0 saturated carbocycles. The Morgan fingerprint density at radius 2 is 2.00 bits per heavy atom. The lowest BCUT2D eigenvalue weighted by Gasteiger charge is -2.19. The van der Waals surface area contributed by atoms with E-state index in [1.807, 2.05) is 12.1 Å². The van der Waals surface area contributed by atoms with Gasteiger partial charge in [0.1, 0.15) is 11.4 Å². The van der Waals surface area contributed by atoms with Crippen LogP contribution in [0.15, 0.2) is 36.7 Å². The quantitative estimate of drug-likeness (QED) is 0.849. The number of anilines is 1. The van der Waals surface area contributed by atoms with E-state index in [1.54, 1.807) is 24.5 Å². The maximum atomic E-state index is 12.2. The molecule has 0 aliphatic heterocycles. The van der Waals surface area contributed by atoms with Gasteiger partial charge in [0.15, 0.2) is 0 Å². The van der Waals surface area contributed by atoms with Crippen molar-refractivity contribution in [2.45, 2.75) is 20.4 Å². The summed E-state index contributed by atoms with van der Waals surface area (Å²) < 4.78 is 5.10. The zero-order valence-corrected chi connectivity index (χ0v) is 13.7. The van der Waals surface area contributed by atoms with E-state index in [4.69, 9.17) is 4.74 Å². The molecule has 0 atom stereocenters. The molecule has 23 heavy (non-hydrogen) atoms. The first-order valence-corrected chi connectivity index (χ1v) is 7.66. The van der Waals surface area contributed by atoms with E-state index < -0.39 is 0 Å². The predicted molar refractivity (Wildman–Crippen MR) is 89.8 cm³/mol. The van der Waals surface area contributed by atoms with Gasteiger partial charge in [-0.25, -0.2) is 9.97 Å². The minimum absolute atomic E-state index is 0.220. The molecule has 6 heteroatoms. The summed E-state index contributed by atoms with van der Waals surface area (Å²) in [6.07, 6.45) is 3.37. The highest BCUT2D eigenvalue weighted by atomic mass is 16.5. The molecule has 2 aromatic heterocycles. The summed E-state index contributed by atoms with van der Waals surface area (Å²) in [7, 11) is 1.50. The molecule has 0 unspecified atom stereocenters. The van der Waals surface area contributed by atoms with Crippen LogP contribution in [0.3, 0.4) is 0 Å². The molecular formula is C17H22N4O2. The van der Waals surface area contributed by atoms with Crippen molar-refractivity contribution < 1.29 is 9.53 Å². The maximum Gasteiger partial charge on any atom is 0.257 e. The average molecular weight is 314 g/mol. The number of rotatable bonds is 7. The van der Waals surface area contributed by atoms with Gasteiger partial charge in [-0.2, -0.15) is 0 Å². The molecule has 1 N–H and O–H groups in total. The molecule has 0 fully saturated rings. The van der Waals surface area contributed by atoms with Crippen molar-refractivity contribution in [2.24, 2.45) is 0 Å². The lowest BCUT2D eigenvalue weighted by atomic mass is 10.2. The molecule has 0 aliphatic carbocycles. The van der Waals surface area contributed by atoms with Crippen LogP contribution in [0.25, 0.3) is 0 Å². The molecule has 0 saturated heterocycles. The van der Waals surface area contributed by atoms with Crippen LogP contribution in [0.2, 0.25) is 0 Å². The number of aromatic nitrogens is 2. The summed E-state index contributed by atoms with van der Waals surface area (Å²) in [5.41, 5.74) is 1.36. The zero-order chi connectivity index (χ0) is 16.7. The van der Waals surface area contributed by atoms with Crippen molar-refractivity contribution in [3.05, 3.63) is 47.8 Å². The molecule has 2 rings (SSSR count). The third-order valence-corrected chi connectivity index (χ3v) is 3.56. The van der Waals surface area contributed by atoms with Gasteiger partial charge < -0.3 is 15.0 Å². The summed E-state index contributed by atoms with van der Waals surface area (Å²) in [4.78, 5) is 22.8. The van der Waals surface area contributed by atoms with Crippen LogP contribution in [0.5, 0.6) is 5.88 Å². The standard InChI is InChI=1S/C17H22N4O2/c1-4-21(5-2)15-9-8-13(11-19-15)12-20-16(22)14-7-6-10-18-17(14)23-3/h6-11H,4-5,12H2,1-3H3,(H,20,22). The second-order valence-electron chi connectivity index (χ2n) is 4.94.